The molecule has 12 nitrogen and oxygen atoms in total. The molecule has 1 unspecified atom stereocenters. The van der Waals surface area contributed by atoms with Crippen LogP contribution in [0.4, 0.5) is 0 Å². The van der Waals surface area contributed by atoms with Gasteiger partial charge >= 0.3 is 10.8 Å². The Bertz CT molecular complexity index is 1710. The molecule has 3 fully saturated rings. The number of carboxylic acids is 1. The minimum absolute atomic E-state index is 0.00249. The summed E-state index contributed by atoms with van der Waals surface area (Å²) in [6.07, 6.45) is 4.03. The molecule has 0 radical (unpaired) electrons. The van der Waals surface area contributed by atoms with Gasteiger partial charge in [-0.2, -0.15) is 0 Å². The first-order chi connectivity index (χ1) is 19.1. The molecule has 3 heterocycles. The summed E-state index contributed by atoms with van der Waals surface area (Å²) in [6, 6.07) is 6.61. The van der Waals surface area contributed by atoms with Crippen molar-refractivity contribution in [1.29, 1.82) is 0 Å². The van der Waals surface area contributed by atoms with Crippen LogP contribution in [0.25, 0.3) is 16.9 Å². The normalized spacial score (nSPS) is 22.9. The predicted octanol–water partition coefficient (Wildman–Crippen LogP) is 3.97. The van der Waals surface area contributed by atoms with Crippen LogP contribution >= 0.6 is 12.2 Å². The minimum atomic E-state index is -0.721. The Balaban J connectivity index is 1.21. The molecule has 3 saturated carbocycles. The molecule has 13 heteroatoms. The van der Waals surface area contributed by atoms with Crippen LogP contribution in [-0.4, -0.2) is 48.5 Å². The average Bonchev–Trinajstić information content (AvgIpc) is 3.52. The molecule has 3 aliphatic carbocycles. The Morgan fingerprint density at radius 3 is 2.52 bits per heavy atom. The van der Waals surface area contributed by atoms with Crippen molar-refractivity contribution < 1.29 is 28.4 Å². The van der Waals surface area contributed by atoms with Crippen molar-refractivity contribution in [3.63, 3.8) is 0 Å². The maximum absolute atomic E-state index is 13.4. The van der Waals surface area contributed by atoms with E-state index in [4.69, 9.17) is 21.2 Å². The molecule has 7 rings (SSSR count). The maximum atomic E-state index is 13.4. The van der Waals surface area contributed by atoms with Crippen molar-refractivity contribution in [3.8, 4) is 0 Å². The first-order valence-electron chi connectivity index (χ1n) is 13.2. The van der Waals surface area contributed by atoms with E-state index in [-0.39, 0.29) is 40.0 Å². The van der Waals surface area contributed by atoms with Crippen molar-refractivity contribution >= 4 is 46.9 Å². The van der Waals surface area contributed by atoms with E-state index in [0.29, 0.717) is 36.3 Å². The largest absolute Gasteiger partial charge is 0.481 e. The highest BCUT2D eigenvalue weighted by molar-refractivity contribution is 7.71. The number of carbonyl (C=O) groups is 3. The number of carboxylic acid groups (broad SMARTS) is 1. The predicted molar refractivity (Wildman–Crippen MR) is 143 cm³/mol. The number of carbonyl (C=O) groups excluding carboxylic acids is 2. The van der Waals surface area contributed by atoms with E-state index in [2.05, 4.69) is 25.8 Å². The first kappa shape index (κ1) is 26.1. The van der Waals surface area contributed by atoms with E-state index in [1.165, 1.54) is 10.5 Å². The summed E-state index contributed by atoms with van der Waals surface area (Å²) in [7, 11) is 0. The Hall–Kier alpha value is -4.13. The summed E-state index contributed by atoms with van der Waals surface area (Å²) in [5, 5.41) is 19.4. The zero-order chi connectivity index (χ0) is 28.2. The first-order valence-corrected chi connectivity index (χ1v) is 13.6. The Morgan fingerprint density at radius 2 is 1.82 bits per heavy atom. The van der Waals surface area contributed by atoms with Crippen LogP contribution in [-0.2, 0) is 11.3 Å². The van der Waals surface area contributed by atoms with E-state index in [1.54, 1.807) is 13.0 Å². The number of aromatic nitrogens is 4. The monoisotopic (exact) mass is 564 g/mol. The zero-order valence-corrected chi connectivity index (χ0v) is 22.8. The van der Waals surface area contributed by atoms with Gasteiger partial charge in [0.2, 0.25) is 0 Å². The Morgan fingerprint density at radius 1 is 1.10 bits per heavy atom. The fraction of sp³-hybridized carbons (Fsp3) is 0.444. The molecular formula is C27H28N6O6S. The van der Waals surface area contributed by atoms with Crippen LogP contribution in [0, 0.1) is 22.6 Å². The van der Waals surface area contributed by atoms with Gasteiger partial charge in [0.25, 0.3) is 17.6 Å². The fourth-order valence-electron chi connectivity index (χ4n) is 6.22. The van der Waals surface area contributed by atoms with Gasteiger partial charge in [0.1, 0.15) is 16.9 Å². The second-order valence-corrected chi connectivity index (χ2v) is 11.3. The molecule has 4 aromatic rings. The molecule has 1 atom stereocenters. The van der Waals surface area contributed by atoms with Crippen molar-refractivity contribution in [2.45, 2.75) is 65.0 Å². The molecule has 3 aromatic heterocycles. The van der Waals surface area contributed by atoms with E-state index in [1.807, 2.05) is 19.1 Å². The number of nitrogens with one attached hydrogen (secondary N) is 2. The molecule has 208 valence electrons. The van der Waals surface area contributed by atoms with Gasteiger partial charge < -0.3 is 24.7 Å². The lowest BCUT2D eigenvalue weighted by molar-refractivity contribution is -0.159. The highest BCUT2D eigenvalue weighted by Crippen LogP contribution is 2.58. The average molecular weight is 565 g/mol. The number of oxazole rings is 1. The number of fused-ring (bicyclic) bond motifs is 5. The van der Waals surface area contributed by atoms with Crippen LogP contribution in [0.15, 0.2) is 33.2 Å². The molecule has 3 aliphatic rings. The van der Waals surface area contributed by atoms with E-state index in [9.17, 15) is 19.5 Å². The smallest absolute Gasteiger partial charge is 0.309 e. The van der Waals surface area contributed by atoms with E-state index in [0.717, 1.165) is 24.8 Å². The van der Waals surface area contributed by atoms with Gasteiger partial charge in [-0.15, -0.1) is 0 Å². The van der Waals surface area contributed by atoms with Gasteiger partial charge in [0.15, 0.2) is 11.5 Å². The number of hydrogen-bond donors (Lipinski definition) is 3. The highest BCUT2D eigenvalue weighted by Gasteiger charge is 2.54. The minimum Gasteiger partial charge on any atom is -0.481 e. The molecule has 40 heavy (non-hydrogen) atoms. The highest BCUT2D eigenvalue weighted by atomic mass is 32.1. The Labute approximate surface area is 233 Å². The number of nitrogens with zero attached hydrogens (tertiary/aromatic N) is 4. The standard InChI is InChI=1S/C27H28N6O6S/c1-14(26-5-8-27(9-6-26,10-7-26)23(36)37)29-21(34)18-12-19(33-24(31-18)32-39-25(33)40)22(35)28-13-16-3-4-20-17(11-16)30-15(2)38-20/h3-4,11-12,14H,5-10,13H2,1-2H3,(H,28,35)(H,29,34)(H,36,37). The van der Waals surface area contributed by atoms with Crippen molar-refractivity contribution in [2.75, 3.05) is 0 Å². The van der Waals surface area contributed by atoms with Gasteiger partial charge in [0, 0.05) is 19.5 Å². The van der Waals surface area contributed by atoms with Gasteiger partial charge in [-0.05, 0) is 92.0 Å². The van der Waals surface area contributed by atoms with Crippen LogP contribution in [0.3, 0.4) is 0 Å². The number of benzene rings is 1. The van der Waals surface area contributed by atoms with E-state index >= 15 is 0 Å². The second kappa shape index (κ2) is 9.51. The van der Waals surface area contributed by atoms with Gasteiger partial charge in [-0.1, -0.05) is 6.07 Å². The lowest BCUT2D eigenvalue weighted by atomic mass is 9.52. The van der Waals surface area contributed by atoms with Gasteiger partial charge in [-0.25, -0.2) is 14.4 Å². The van der Waals surface area contributed by atoms with Gasteiger partial charge in [0.05, 0.1) is 5.41 Å². The van der Waals surface area contributed by atoms with Crippen LogP contribution < -0.4 is 10.6 Å². The topological polar surface area (TPSA) is 165 Å². The Kier molecular flexibility index (Phi) is 6.21. The van der Waals surface area contributed by atoms with Crippen molar-refractivity contribution in [3.05, 3.63) is 51.9 Å². The van der Waals surface area contributed by atoms with Crippen molar-refractivity contribution in [1.82, 2.24) is 30.2 Å². The van der Waals surface area contributed by atoms with Crippen molar-refractivity contribution in [2.24, 2.45) is 10.8 Å². The third kappa shape index (κ3) is 4.34. The lowest BCUT2D eigenvalue weighted by Gasteiger charge is -2.54. The third-order valence-corrected chi connectivity index (χ3v) is 9.08. The molecule has 0 saturated heterocycles. The molecule has 0 aliphatic heterocycles. The summed E-state index contributed by atoms with van der Waals surface area (Å²) in [5.74, 6) is -1.12. The number of aryl methyl sites for hydroxylation is 1. The summed E-state index contributed by atoms with van der Waals surface area (Å²) < 4.78 is 11.9. The van der Waals surface area contributed by atoms with Crippen LogP contribution in [0.2, 0.25) is 0 Å². The summed E-state index contributed by atoms with van der Waals surface area (Å²) in [4.78, 5) is 47.0. The zero-order valence-electron chi connectivity index (χ0n) is 22.0. The second-order valence-electron chi connectivity index (χ2n) is 11.0. The number of hydrogen-bond acceptors (Lipinski definition) is 9. The third-order valence-electron chi connectivity index (χ3n) is 8.82. The molecular weight excluding hydrogens is 536 g/mol. The molecule has 1 aromatic carbocycles. The molecule has 2 bridgehead atoms. The van der Waals surface area contributed by atoms with E-state index < -0.39 is 23.2 Å². The number of aliphatic carboxylic acids is 1. The SMILES string of the molecule is Cc1nc2cc(CNC(=O)c3cc(C(=O)NC(C)C45CCC(C(=O)O)(CC4)CC5)nc4noc(=S)n34)ccc2o1. The molecule has 2 amide bonds. The van der Waals surface area contributed by atoms with Crippen LogP contribution in [0.5, 0.6) is 0 Å². The summed E-state index contributed by atoms with van der Waals surface area (Å²) in [6.45, 7) is 3.91. The molecule has 0 spiro atoms. The van der Waals surface area contributed by atoms with Gasteiger partial charge in [-0.3, -0.25) is 14.4 Å². The number of amides is 2. The molecule has 3 N–H and O–H groups in total. The maximum Gasteiger partial charge on any atom is 0.309 e. The number of rotatable bonds is 7. The fourth-order valence-corrected chi connectivity index (χ4v) is 6.43. The summed E-state index contributed by atoms with van der Waals surface area (Å²) >= 11 is 5.21. The quantitative estimate of drug-likeness (QED) is 0.280. The van der Waals surface area contributed by atoms with Crippen LogP contribution in [0.1, 0.15) is 77.9 Å². The summed E-state index contributed by atoms with van der Waals surface area (Å²) in [5.41, 5.74) is 1.42. The lowest BCUT2D eigenvalue weighted by Crippen LogP contribution is -2.54.